The third-order valence-electron chi connectivity index (χ3n) is 6.97. The quantitative estimate of drug-likeness (QED) is 0.240. The van der Waals surface area contributed by atoms with Crippen LogP contribution in [-0.4, -0.2) is 29.9 Å². The summed E-state index contributed by atoms with van der Waals surface area (Å²) in [6.07, 6.45) is -2.39. The number of thiophene rings is 1. The van der Waals surface area contributed by atoms with Crippen LogP contribution in [0.5, 0.6) is 0 Å². The number of rotatable bonds is 8. The molecule has 39 heavy (non-hydrogen) atoms. The number of alkyl halides is 3. The number of allylic oxidation sites excluding steroid dienone is 1. The zero-order valence-electron chi connectivity index (χ0n) is 21.3. The maximum atomic E-state index is 13.5. The minimum absolute atomic E-state index is 0.272. The Morgan fingerprint density at radius 3 is 2.51 bits per heavy atom. The van der Waals surface area contributed by atoms with E-state index in [0.29, 0.717) is 25.3 Å². The molecule has 0 saturated heterocycles. The highest BCUT2D eigenvalue weighted by atomic mass is 32.2. The number of halogens is 3. The highest BCUT2D eigenvalue weighted by molar-refractivity contribution is 7.90. The summed E-state index contributed by atoms with van der Waals surface area (Å²) in [6.45, 7) is 6.64. The van der Waals surface area contributed by atoms with E-state index < -0.39 is 33.1 Å². The van der Waals surface area contributed by atoms with Crippen LogP contribution >= 0.6 is 11.3 Å². The van der Waals surface area contributed by atoms with Crippen LogP contribution in [0.25, 0.3) is 26.9 Å². The van der Waals surface area contributed by atoms with Crippen LogP contribution in [0, 0.1) is 0 Å². The number of fused-ring (bicyclic) bond motifs is 1. The molecule has 0 unspecified atom stereocenters. The first kappa shape index (κ1) is 27.5. The number of pyridine rings is 1. The van der Waals surface area contributed by atoms with E-state index in [1.165, 1.54) is 23.6 Å². The second-order valence-electron chi connectivity index (χ2n) is 10.0. The lowest BCUT2D eigenvalue weighted by Gasteiger charge is -2.26. The topological polar surface area (TPSA) is 79.3 Å². The third kappa shape index (κ3) is 5.26. The number of sulfonamides is 1. The van der Waals surface area contributed by atoms with E-state index in [0.717, 1.165) is 37.7 Å². The van der Waals surface area contributed by atoms with E-state index in [4.69, 9.17) is 0 Å². The SMILES string of the molecule is C=C(C)c1ccccc1[C@@H](NS(=O)(=O)C1CC1)c1cc2cccc(-c3cc([C@](C)(O)C(F)(F)F)ccn3)c2s1. The standard InChI is InChI=1S/C29H27F3N2O3S2/c1-17(2)21-8-4-5-9-22(21)26(34-39(36,37)20-11-12-20)25-15-18-7-6-10-23(27(18)38-25)24-16-19(13-14-33-24)28(3,35)29(30,31)32/h4-10,13-16,20,26,34-35H,1,11-12H2,2-3H3/t26-,28+/m1/s1. The highest BCUT2D eigenvalue weighted by Crippen LogP contribution is 2.43. The Balaban J connectivity index is 1.65. The van der Waals surface area contributed by atoms with Gasteiger partial charge in [0.25, 0.3) is 0 Å². The minimum atomic E-state index is -4.86. The van der Waals surface area contributed by atoms with Crippen molar-refractivity contribution >= 4 is 37.0 Å². The van der Waals surface area contributed by atoms with Gasteiger partial charge in [-0.3, -0.25) is 4.98 Å². The Hall–Kier alpha value is -3.05. The monoisotopic (exact) mass is 572 g/mol. The molecule has 10 heteroatoms. The zero-order chi connectivity index (χ0) is 28.2. The van der Waals surface area contributed by atoms with Crippen molar-refractivity contribution in [1.82, 2.24) is 9.71 Å². The maximum Gasteiger partial charge on any atom is 0.421 e. The van der Waals surface area contributed by atoms with Crippen molar-refractivity contribution in [3.8, 4) is 11.3 Å². The summed E-state index contributed by atoms with van der Waals surface area (Å²) in [6, 6.07) is 16.5. The van der Waals surface area contributed by atoms with Gasteiger partial charge in [-0.15, -0.1) is 11.3 Å². The molecule has 5 rings (SSSR count). The molecule has 5 nitrogen and oxygen atoms in total. The van der Waals surface area contributed by atoms with Crippen molar-refractivity contribution in [2.75, 3.05) is 0 Å². The minimum Gasteiger partial charge on any atom is -0.376 e. The molecule has 2 aromatic heterocycles. The summed E-state index contributed by atoms with van der Waals surface area (Å²) in [5.41, 5.74) is -0.113. The normalized spacial score (nSPS) is 16.7. The van der Waals surface area contributed by atoms with E-state index in [2.05, 4.69) is 16.3 Å². The van der Waals surface area contributed by atoms with Crippen LogP contribution < -0.4 is 4.72 Å². The van der Waals surface area contributed by atoms with Crippen molar-refractivity contribution in [3.63, 3.8) is 0 Å². The molecule has 1 fully saturated rings. The second-order valence-corrected chi connectivity index (χ2v) is 13.1. The van der Waals surface area contributed by atoms with E-state index in [1.807, 2.05) is 43.3 Å². The lowest BCUT2D eigenvalue weighted by molar-refractivity contribution is -0.258. The second kappa shape index (κ2) is 9.85. The molecular formula is C29H27F3N2O3S2. The molecule has 0 aliphatic heterocycles. The van der Waals surface area contributed by atoms with Crippen LogP contribution in [0.2, 0.25) is 0 Å². The number of hydrogen-bond acceptors (Lipinski definition) is 5. The Morgan fingerprint density at radius 2 is 1.85 bits per heavy atom. The average Bonchev–Trinajstić information content (AvgIpc) is 3.66. The molecule has 0 radical (unpaired) electrons. The Kier molecular flexibility index (Phi) is 6.95. The summed E-state index contributed by atoms with van der Waals surface area (Å²) < 4.78 is 70.4. The van der Waals surface area contributed by atoms with Crippen LogP contribution in [0.3, 0.4) is 0 Å². The number of nitrogens with one attached hydrogen (secondary N) is 1. The van der Waals surface area contributed by atoms with Gasteiger partial charge in [-0.2, -0.15) is 13.2 Å². The van der Waals surface area contributed by atoms with E-state index >= 15 is 0 Å². The van der Waals surface area contributed by atoms with Gasteiger partial charge in [-0.1, -0.05) is 54.6 Å². The van der Waals surface area contributed by atoms with Gasteiger partial charge in [0.1, 0.15) is 0 Å². The van der Waals surface area contributed by atoms with E-state index in [9.17, 15) is 26.7 Å². The van der Waals surface area contributed by atoms with Crippen molar-refractivity contribution in [3.05, 3.63) is 95.0 Å². The molecule has 4 aromatic rings. The number of nitrogens with zero attached hydrogens (tertiary/aromatic N) is 1. The molecule has 2 heterocycles. The molecule has 204 valence electrons. The average molecular weight is 573 g/mol. The predicted molar refractivity (Wildman–Crippen MR) is 149 cm³/mol. The smallest absolute Gasteiger partial charge is 0.376 e. The first-order chi connectivity index (χ1) is 18.3. The number of aliphatic hydroxyl groups is 1. The van der Waals surface area contributed by atoms with E-state index in [1.54, 1.807) is 12.1 Å². The molecule has 0 amide bonds. The van der Waals surface area contributed by atoms with Gasteiger partial charge in [-0.05, 0) is 67.0 Å². The molecule has 2 atom stereocenters. The molecule has 0 spiro atoms. The first-order valence-electron chi connectivity index (χ1n) is 12.3. The van der Waals surface area contributed by atoms with Gasteiger partial charge in [0.2, 0.25) is 10.0 Å². The molecular weight excluding hydrogens is 545 g/mol. The maximum absolute atomic E-state index is 13.5. The molecule has 0 bridgehead atoms. The molecule has 1 aliphatic carbocycles. The molecule has 1 aliphatic rings. The van der Waals surface area contributed by atoms with Crippen LogP contribution in [0.15, 0.2) is 73.4 Å². The number of benzene rings is 2. The fourth-order valence-electron chi connectivity index (χ4n) is 4.52. The lowest BCUT2D eigenvalue weighted by Crippen LogP contribution is -2.39. The predicted octanol–water partition coefficient (Wildman–Crippen LogP) is 6.94. The highest BCUT2D eigenvalue weighted by Gasteiger charge is 2.51. The van der Waals surface area contributed by atoms with Gasteiger partial charge in [0.05, 0.1) is 17.0 Å². The van der Waals surface area contributed by atoms with Gasteiger partial charge in [-0.25, -0.2) is 13.1 Å². The Morgan fingerprint density at radius 1 is 1.13 bits per heavy atom. The van der Waals surface area contributed by atoms with Gasteiger partial charge >= 0.3 is 6.18 Å². The third-order valence-corrected chi connectivity index (χ3v) is 10.1. The van der Waals surface area contributed by atoms with Crippen molar-refractivity contribution < 1.29 is 26.7 Å². The summed E-state index contributed by atoms with van der Waals surface area (Å²) in [4.78, 5) is 5.03. The van der Waals surface area contributed by atoms with Crippen LogP contribution in [-0.2, 0) is 15.6 Å². The number of hydrogen-bond donors (Lipinski definition) is 2. The largest absolute Gasteiger partial charge is 0.421 e. The van der Waals surface area contributed by atoms with Crippen LogP contribution in [0.4, 0.5) is 13.2 Å². The molecule has 1 saturated carbocycles. The summed E-state index contributed by atoms with van der Waals surface area (Å²) in [7, 11) is -3.58. The van der Waals surface area contributed by atoms with Gasteiger partial charge in [0, 0.05) is 21.3 Å². The molecule has 2 aromatic carbocycles. The van der Waals surface area contributed by atoms with Crippen molar-refractivity contribution in [1.29, 1.82) is 0 Å². The Bertz CT molecular complexity index is 1670. The lowest BCUT2D eigenvalue weighted by atomic mass is 9.94. The zero-order valence-corrected chi connectivity index (χ0v) is 22.9. The Labute approximate surface area is 229 Å². The fraction of sp³-hybridized carbons (Fsp3) is 0.276. The van der Waals surface area contributed by atoms with Gasteiger partial charge < -0.3 is 5.11 Å². The van der Waals surface area contributed by atoms with E-state index in [-0.39, 0.29) is 11.3 Å². The van der Waals surface area contributed by atoms with Crippen molar-refractivity contribution in [2.45, 2.75) is 49.8 Å². The summed E-state index contributed by atoms with van der Waals surface area (Å²) >= 11 is 1.35. The number of aromatic nitrogens is 1. The van der Waals surface area contributed by atoms with Crippen molar-refractivity contribution in [2.24, 2.45) is 0 Å². The fourth-order valence-corrected chi connectivity index (χ4v) is 7.38. The van der Waals surface area contributed by atoms with Gasteiger partial charge in [0.15, 0.2) is 5.60 Å². The molecule has 2 N–H and O–H groups in total. The summed E-state index contributed by atoms with van der Waals surface area (Å²) in [5, 5.41) is 10.6. The first-order valence-corrected chi connectivity index (χ1v) is 14.7. The summed E-state index contributed by atoms with van der Waals surface area (Å²) in [5.74, 6) is 0. The van der Waals surface area contributed by atoms with Crippen LogP contribution in [0.1, 0.15) is 54.3 Å².